The molecule has 0 atom stereocenters. The first-order valence-electron chi connectivity index (χ1n) is 8.91. The maximum atomic E-state index is 5.60. The average Bonchev–Trinajstić information content (AvgIpc) is 3.12. The molecule has 0 aliphatic carbocycles. The summed E-state index contributed by atoms with van der Waals surface area (Å²) in [5.41, 5.74) is 3.69. The van der Waals surface area contributed by atoms with Crippen molar-refractivity contribution in [3.8, 4) is 11.5 Å². The smallest absolute Gasteiger partial charge is 0.231 e. The summed E-state index contributed by atoms with van der Waals surface area (Å²) in [4.78, 5) is 4.72. The van der Waals surface area contributed by atoms with E-state index in [9.17, 15) is 0 Å². The van der Waals surface area contributed by atoms with E-state index in [0.717, 1.165) is 55.0 Å². The normalized spacial score (nSPS) is 16.6. The van der Waals surface area contributed by atoms with Gasteiger partial charge in [0.05, 0.1) is 0 Å². The molecule has 0 spiro atoms. The molecule has 0 saturated carbocycles. The Kier molecular flexibility index (Phi) is 4.95. The Morgan fingerprint density at radius 1 is 1.04 bits per heavy atom. The van der Waals surface area contributed by atoms with Gasteiger partial charge < -0.3 is 19.7 Å². The van der Waals surface area contributed by atoms with E-state index >= 15 is 0 Å². The molecule has 1 N–H and O–H groups in total. The first kappa shape index (κ1) is 17.1. The molecular weight excluding hydrogens is 346 g/mol. The molecule has 26 heavy (non-hydrogen) atoms. The van der Waals surface area contributed by atoms with Crippen LogP contribution >= 0.6 is 12.2 Å². The Labute approximate surface area is 159 Å². The van der Waals surface area contributed by atoms with Crippen LogP contribution in [0.4, 0.5) is 5.69 Å². The quantitative estimate of drug-likeness (QED) is 0.837. The maximum Gasteiger partial charge on any atom is 0.231 e. The highest BCUT2D eigenvalue weighted by Gasteiger charge is 2.20. The lowest BCUT2D eigenvalue weighted by Gasteiger charge is -2.36. The van der Waals surface area contributed by atoms with Crippen LogP contribution in [0, 0.1) is 6.92 Å². The van der Waals surface area contributed by atoms with E-state index in [-0.39, 0.29) is 6.79 Å². The van der Waals surface area contributed by atoms with Crippen LogP contribution < -0.4 is 14.8 Å². The van der Waals surface area contributed by atoms with Gasteiger partial charge in [-0.2, -0.15) is 0 Å². The minimum atomic E-state index is 0.284. The molecule has 136 valence electrons. The van der Waals surface area contributed by atoms with Crippen LogP contribution in [0.1, 0.15) is 11.1 Å². The van der Waals surface area contributed by atoms with Crippen molar-refractivity contribution in [3.63, 3.8) is 0 Å². The lowest BCUT2D eigenvalue weighted by molar-refractivity contribution is 0.174. The third-order valence-corrected chi connectivity index (χ3v) is 5.30. The summed E-state index contributed by atoms with van der Waals surface area (Å²) in [5, 5.41) is 4.08. The number of anilines is 1. The molecule has 2 aliphatic heterocycles. The van der Waals surface area contributed by atoms with Gasteiger partial charge in [-0.05, 0) is 42.4 Å². The van der Waals surface area contributed by atoms with Crippen LogP contribution in [0.25, 0.3) is 0 Å². The van der Waals surface area contributed by atoms with E-state index in [4.69, 9.17) is 21.7 Å². The largest absolute Gasteiger partial charge is 0.454 e. The number of rotatable bonds is 3. The lowest BCUT2D eigenvalue weighted by atomic mass is 10.1. The van der Waals surface area contributed by atoms with Crippen molar-refractivity contribution in [1.82, 2.24) is 9.80 Å². The summed E-state index contributed by atoms with van der Waals surface area (Å²) in [5.74, 6) is 1.55. The summed E-state index contributed by atoms with van der Waals surface area (Å²) in [6.07, 6.45) is 0. The zero-order chi connectivity index (χ0) is 17.9. The first-order chi connectivity index (χ1) is 12.7. The van der Waals surface area contributed by atoms with Gasteiger partial charge in [0, 0.05) is 44.5 Å². The molecule has 2 aromatic carbocycles. The van der Waals surface area contributed by atoms with Crippen molar-refractivity contribution in [2.24, 2.45) is 0 Å². The summed E-state index contributed by atoms with van der Waals surface area (Å²) in [6, 6.07) is 14.4. The molecule has 6 heteroatoms. The number of ether oxygens (including phenoxy) is 2. The predicted octanol–water partition coefficient (Wildman–Crippen LogP) is 3.24. The van der Waals surface area contributed by atoms with Gasteiger partial charge in [0.25, 0.3) is 0 Å². The number of nitrogens with one attached hydrogen (secondary N) is 1. The SMILES string of the molecule is Cc1ccccc1CN1CCN(C(=S)Nc2ccc3c(c2)OCO3)CC1. The number of benzene rings is 2. The molecule has 2 heterocycles. The fraction of sp³-hybridized carbons (Fsp3) is 0.350. The van der Waals surface area contributed by atoms with E-state index in [2.05, 4.69) is 46.3 Å². The molecule has 1 fully saturated rings. The van der Waals surface area contributed by atoms with E-state index in [1.165, 1.54) is 11.1 Å². The molecule has 0 aromatic heterocycles. The first-order valence-corrected chi connectivity index (χ1v) is 9.32. The molecule has 4 rings (SSSR count). The Morgan fingerprint density at radius 2 is 1.81 bits per heavy atom. The van der Waals surface area contributed by atoms with Crippen molar-refractivity contribution in [1.29, 1.82) is 0 Å². The van der Waals surface area contributed by atoms with Crippen molar-refractivity contribution in [2.45, 2.75) is 13.5 Å². The van der Waals surface area contributed by atoms with Crippen LogP contribution in [0.15, 0.2) is 42.5 Å². The summed E-state index contributed by atoms with van der Waals surface area (Å²) < 4.78 is 10.8. The minimum absolute atomic E-state index is 0.284. The van der Waals surface area contributed by atoms with Crippen molar-refractivity contribution in [3.05, 3.63) is 53.6 Å². The van der Waals surface area contributed by atoms with Crippen molar-refractivity contribution >= 4 is 23.0 Å². The third kappa shape index (κ3) is 3.76. The number of hydrogen-bond acceptors (Lipinski definition) is 4. The molecule has 0 unspecified atom stereocenters. The van der Waals surface area contributed by atoms with Crippen molar-refractivity contribution < 1.29 is 9.47 Å². The second-order valence-electron chi connectivity index (χ2n) is 6.69. The van der Waals surface area contributed by atoms with Crippen LogP contribution in [-0.4, -0.2) is 47.9 Å². The zero-order valence-electron chi connectivity index (χ0n) is 14.9. The Hall–Kier alpha value is -2.31. The summed E-state index contributed by atoms with van der Waals surface area (Å²) in [7, 11) is 0. The van der Waals surface area contributed by atoms with Gasteiger partial charge in [-0.15, -0.1) is 0 Å². The predicted molar refractivity (Wildman–Crippen MR) is 107 cm³/mol. The van der Waals surface area contributed by atoms with Gasteiger partial charge in [-0.1, -0.05) is 24.3 Å². The maximum absolute atomic E-state index is 5.60. The Balaban J connectivity index is 1.30. The number of fused-ring (bicyclic) bond motifs is 1. The van der Waals surface area contributed by atoms with Gasteiger partial charge in [-0.3, -0.25) is 4.90 Å². The van der Waals surface area contributed by atoms with E-state index in [1.54, 1.807) is 0 Å². The van der Waals surface area contributed by atoms with Crippen LogP contribution in [0.2, 0.25) is 0 Å². The van der Waals surface area contributed by atoms with Crippen LogP contribution in [0.5, 0.6) is 11.5 Å². The molecular formula is C20H23N3O2S. The Bertz CT molecular complexity index is 803. The Morgan fingerprint density at radius 3 is 2.62 bits per heavy atom. The van der Waals surface area contributed by atoms with E-state index in [1.807, 2.05) is 18.2 Å². The topological polar surface area (TPSA) is 37.0 Å². The van der Waals surface area contributed by atoms with Gasteiger partial charge in [-0.25, -0.2) is 0 Å². The van der Waals surface area contributed by atoms with Gasteiger partial charge in [0.15, 0.2) is 16.6 Å². The highest BCUT2D eigenvalue weighted by atomic mass is 32.1. The lowest BCUT2D eigenvalue weighted by Crippen LogP contribution is -2.49. The van der Waals surface area contributed by atoms with Gasteiger partial charge in [0.1, 0.15) is 0 Å². The fourth-order valence-corrected chi connectivity index (χ4v) is 3.61. The highest BCUT2D eigenvalue weighted by Crippen LogP contribution is 2.34. The molecule has 0 bridgehead atoms. The van der Waals surface area contributed by atoms with E-state index in [0.29, 0.717) is 0 Å². The van der Waals surface area contributed by atoms with Gasteiger partial charge in [0.2, 0.25) is 6.79 Å². The molecule has 2 aliphatic rings. The number of nitrogens with zero attached hydrogens (tertiary/aromatic N) is 2. The monoisotopic (exact) mass is 369 g/mol. The fourth-order valence-electron chi connectivity index (χ4n) is 3.31. The standard InChI is InChI=1S/C20H23N3O2S/c1-15-4-2-3-5-16(15)13-22-8-10-23(11-9-22)20(26)21-17-6-7-18-19(12-17)25-14-24-18/h2-7,12H,8-11,13-14H2,1H3,(H,21,26). The molecule has 5 nitrogen and oxygen atoms in total. The number of hydrogen-bond donors (Lipinski definition) is 1. The summed E-state index contributed by atoms with van der Waals surface area (Å²) >= 11 is 5.60. The number of piperazine rings is 1. The molecule has 0 radical (unpaired) electrons. The molecule has 0 amide bonds. The third-order valence-electron chi connectivity index (χ3n) is 4.94. The summed E-state index contributed by atoms with van der Waals surface area (Å²) in [6.45, 7) is 7.35. The molecule has 2 aromatic rings. The second-order valence-corrected chi connectivity index (χ2v) is 7.07. The highest BCUT2D eigenvalue weighted by molar-refractivity contribution is 7.80. The minimum Gasteiger partial charge on any atom is -0.454 e. The van der Waals surface area contributed by atoms with E-state index < -0.39 is 0 Å². The van der Waals surface area contributed by atoms with Crippen molar-refractivity contribution in [2.75, 3.05) is 38.3 Å². The van der Waals surface area contributed by atoms with Crippen LogP contribution in [-0.2, 0) is 6.54 Å². The zero-order valence-corrected chi connectivity index (χ0v) is 15.7. The number of thiocarbonyl (C=S) groups is 1. The second kappa shape index (κ2) is 7.51. The van der Waals surface area contributed by atoms with Gasteiger partial charge >= 0.3 is 0 Å². The number of aryl methyl sites for hydroxylation is 1. The van der Waals surface area contributed by atoms with Crippen LogP contribution in [0.3, 0.4) is 0 Å². The molecule has 1 saturated heterocycles. The average molecular weight is 369 g/mol.